The third kappa shape index (κ3) is 3.73. The molecule has 0 aliphatic heterocycles. The van der Waals surface area contributed by atoms with Crippen LogP contribution in [0.4, 0.5) is 11.6 Å². The van der Waals surface area contributed by atoms with Crippen LogP contribution in [0.3, 0.4) is 0 Å². The molecule has 0 saturated heterocycles. The highest BCUT2D eigenvalue weighted by molar-refractivity contribution is 5.90. The van der Waals surface area contributed by atoms with E-state index in [2.05, 4.69) is 26.6 Å². The first-order chi connectivity index (χ1) is 13.8. The molecule has 0 amide bonds. The zero-order valence-corrected chi connectivity index (χ0v) is 15.4. The summed E-state index contributed by atoms with van der Waals surface area (Å²) in [6, 6.07) is 20.1. The van der Waals surface area contributed by atoms with Gasteiger partial charge in [0, 0.05) is 23.1 Å². The summed E-state index contributed by atoms with van der Waals surface area (Å²) in [4.78, 5) is 9.34. The van der Waals surface area contributed by atoms with Crippen molar-refractivity contribution in [3.63, 3.8) is 0 Å². The minimum Gasteiger partial charge on any atom is -0.369 e. The fourth-order valence-corrected chi connectivity index (χ4v) is 3.24. The van der Waals surface area contributed by atoms with Gasteiger partial charge in [-0.2, -0.15) is 5.10 Å². The van der Waals surface area contributed by atoms with Gasteiger partial charge in [0.15, 0.2) is 11.6 Å². The maximum atomic E-state index is 5.83. The molecule has 1 saturated carbocycles. The Labute approximate surface area is 163 Å². The van der Waals surface area contributed by atoms with Crippen LogP contribution in [0.15, 0.2) is 60.7 Å². The lowest BCUT2D eigenvalue weighted by molar-refractivity contribution is 0.102. The van der Waals surface area contributed by atoms with Crippen molar-refractivity contribution in [1.82, 2.24) is 20.2 Å². The maximum Gasteiger partial charge on any atom is 0.157 e. The summed E-state index contributed by atoms with van der Waals surface area (Å²) in [6.07, 6.45) is 2.47. The molecule has 4 aromatic rings. The second-order valence-electron chi connectivity index (χ2n) is 7.09. The Morgan fingerprint density at radius 2 is 1.79 bits per heavy atom. The van der Waals surface area contributed by atoms with Crippen LogP contribution >= 0.6 is 0 Å². The van der Waals surface area contributed by atoms with Gasteiger partial charge in [0.05, 0.1) is 12.1 Å². The monoisotopic (exact) mass is 371 g/mol. The van der Waals surface area contributed by atoms with Crippen LogP contribution in [0.1, 0.15) is 35.8 Å². The summed E-state index contributed by atoms with van der Waals surface area (Å²) in [7, 11) is 0. The van der Waals surface area contributed by atoms with Gasteiger partial charge in [0.2, 0.25) is 0 Å². The maximum absolute atomic E-state index is 5.83. The summed E-state index contributed by atoms with van der Waals surface area (Å²) in [5.74, 6) is 2.81. The topological polar surface area (TPSA) is 75.7 Å². The van der Waals surface area contributed by atoms with Gasteiger partial charge in [-0.05, 0) is 30.5 Å². The molecule has 140 valence electrons. The molecule has 0 unspecified atom stereocenters. The minimum absolute atomic E-state index is 0.350. The van der Waals surface area contributed by atoms with Crippen molar-refractivity contribution in [1.29, 1.82) is 0 Å². The van der Waals surface area contributed by atoms with Crippen LogP contribution in [0.5, 0.6) is 0 Å². The smallest absolute Gasteiger partial charge is 0.157 e. The van der Waals surface area contributed by atoms with E-state index in [0.29, 0.717) is 25.0 Å². The standard InChI is InChI=1S/C22H21N5O/c1-2-6-15(7-3-1)13-28-14-21-23-18-9-5-4-8-17(18)22(25-21)24-20-12-19(26-27-20)16-10-11-16/h1-9,12,16H,10-11,13-14H2,(H2,23,24,25,26,27). The number of H-pyrrole nitrogens is 1. The molecule has 1 fully saturated rings. The van der Waals surface area contributed by atoms with Crippen LogP contribution in [0.25, 0.3) is 10.9 Å². The third-order valence-electron chi connectivity index (χ3n) is 4.85. The van der Waals surface area contributed by atoms with Crippen LogP contribution in [-0.4, -0.2) is 20.2 Å². The highest BCUT2D eigenvalue weighted by atomic mass is 16.5. The Hall–Kier alpha value is -3.25. The SMILES string of the molecule is c1ccc(COCc2nc(Nc3cc(C4CC4)[nH]n3)c3ccccc3n2)cc1. The molecule has 6 heteroatoms. The van der Waals surface area contributed by atoms with E-state index in [1.807, 2.05) is 54.6 Å². The fraction of sp³-hybridized carbons (Fsp3) is 0.227. The zero-order chi connectivity index (χ0) is 18.8. The van der Waals surface area contributed by atoms with E-state index < -0.39 is 0 Å². The number of rotatable bonds is 7. The molecule has 6 nitrogen and oxygen atoms in total. The van der Waals surface area contributed by atoms with Crippen molar-refractivity contribution in [2.24, 2.45) is 0 Å². The first-order valence-electron chi connectivity index (χ1n) is 9.55. The zero-order valence-electron chi connectivity index (χ0n) is 15.4. The normalized spacial score (nSPS) is 13.7. The number of hydrogen-bond donors (Lipinski definition) is 2. The van der Waals surface area contributed by atoms with Crippen LogP contribution in [-0.2, 0) is 18.0 Å². The predicted octanol–water partition coefficient (Wildman–Crippen LogP) is 4.69. The average molecular weight is 371 g/mol. The first-order valence-corrected chi connectivity index (χ1v) is 9.55. The number of anilines is 2. The highest BCUT2D eigenvalue weighted by Gasteiger charge is 2.25. The number of nitrogens with one attached hydrogen (secondary N) is 2. The van der Waals surface area contributed by atoms with E-state index in [-0.39, 0.29) is 0 Å². The fourth-order valence-electron chi connectivity index (χ4n) is 3.24. The minimum atomic E-state index is 0.350. The summed E-state index contributed by atoms with van der Waals surface area (Å²) in [5.41, 5.74) is 3.20. The van der Waals surface area contributed by atoms with Gasteiger partial charge >= 0.3 is 0 Å². The van der Waals surface area contributed by atoms with Gasteiger partial charge in [0.25, 0.3) is 0 Å². The van der Waals surface area contributed by atoms with Crippen molar-refractivity contribution in [3.8, 4) is 0 Å². The predicted molar refractivity (Wildman–Crippen MR) is 108 cm³/mol. The second kappa shape index (κ2) is 7.40. The molecule has 28 heavy (non-hydrogen) atoms. The third-order valence-corrected chi connectivity index (χ3v) is 4.85. The molecular weight excluding hydrogens is 350 g/mol. The largest absolute Gasteiger partial charge is 0.369 e. The Kier molecular flexibility index (Phi) is 4.47. The Morgan fingerprint density at radius 3 is 2.64 bits per heavy atom. The molecule has 0 atom stereocenters. The van der Waals surface area contributed by atoms with E-state index in [1.165, 1.54) is 18.5 Å². The number of fused-ring (bicyclic) bond motifs is 1. The van der Waals surface area contributed by atoms with Crippen molar-refractivity contribution in [2.75, 3.05) is 5.32 Å². The van der Waals surface area contributed by atoms with Crippen LogP contribution in [0.2, 0.25) is 0 Å². The summed E-state index contributed by atoms with van der Waals surface area (Å²) in [5, 5.41) is 11.8. The van der Waals surface area contributed by atoms with Gasteiger partial charge in [-0.3, -0.25) is 5.10 Å². The number of aromatic amines is 1. The molecule has 2 N–H and O–H groups in total. The molecule has 0 radical (unpaired) electrons. The molecule has 1 aliphatic rings. The molecule has 1 aliphatic carbocycles. The molecule has 2 aromatic heterocycles. The number of aromatic nitrogens is 4. The first kappa shape index (κ1) is 16.9. The number of ether oxygens (including phenoxy) is 1. The summed E-state index contributed by atoms with van der Waals surface area (Å²) >= 11 is 0. The number of nitrogens with zero attached hydrogens (tertiary/aromatic N) is 3. The summed E-state index contributed by atoms with van der Waals surface area (Å²) < 4.78 is 5.83. The molecule has 2 aromatic carbocycles. The van der Waals surface area contributed by atoms with Crippen molar-refractivity contribution in [2.45, 2.75) is 32.0 Å². The lowest BCUT2D eigenvalue weighted by Gasteiger charge is -2.10. The van der Waals surface area contributed by atoms with Gasteiger partial charge in [-0.25, -0.2) is 9.97 Å². The van der Waals surface area contributed by atoms with E-state index in [4.69, 9.17) is 9.72 Å². The van der Waals surface area contributed by atoms with Crippen molar-refractivity contribution >= 4 is 22.5 Å². The Balaban J connectivity index is 1.37. The number of benzene rings is 2. The lowest BCUT2D eigenvalue weighted by Crippen LogP contribution is -2.04. The Bertz CT molecular complexity index is 1090. The number of para-hydroxylation sites is 1. The van der Waals surface area contributed by atoms with E-state index >= 15 is 0 Å². The van der Waals surface area contributed by atoms with Crippen LogP contribution in [0, 0.1) is 0 Å². The Morgan fingerprint density at radius 1 is 0.964 bits per heavy atom. The lowest BCUT2D eigenvalue weighted by atomic mass is 10.2. The van der Waals surface area contributed by atoms with E-state index in [1.54, 1.807) is 0 Å². The van der Waals surface area contributed by atoms with Gasteiger partial charge < -0.3 is 10.1 Å². The number of hydrogen-bond acceptors (Lipinski definition) is 5. The van der Waals surface area contributed by atoms with E-state index in [9.17, 15) is 0 Å². The van der Waals surface area contributed by atoms with E-state index in [0.717, 1.165) is 28.1 Å². The van der Waals surface area contributed by atoms with Gasteiger partial charge in [-0.15, -0.1) is 0 Å². The van der Waals surface area contributed by atoms with Crippen molar-refractivity contribution < 1.29 is 4.74 Å². The molecule has 2 heterocycles. The van der Waals surface area contributed by atoms with Crippen molar-refractivity contribution in [3.05, 3.63) is 77.7 Å². The van der Waals surface area contributed by atoms with Gasteiger partial charge in [-0.1, -0.05) is 42.5 Å². The summed E-state index contributed by atoms with van der Waals surface area (Å²) in [6.45, 7) is 0.881. The quantitative estimate of drug-likeness (QED) is 0.493. The average Bonchev–Trinajstić information content (AvgIpc) is 3.48. The molecule has 0 spiro atoms. The molecular formula is C22H21N5O. The second-order valence-corrected chi connectivity index (χ2v) is 7.09. The molecule has 0 bridgehead atoms. The molecule has 5 rings (SSSR count). The highest BCUT2D eigenvalue weighted by Crippen LogP contribution is 2.39. The van der Waals surface area contributed by atoms with Gasteiger partial charge in [0.1, 0.15) is 12.4 Å². The van der Waals surface area contributed by atoms with Crippen LogP contribution < -0.4 is 5.32 Å².